The Hall–Kier alpha value is -0.970. The predicted octanol–water partition coefficient (Wildman–Crippen LogP) is 2.44. The molecule has 102 valence electrons. The third-order valence-electron chi connectivity index (χ3n) is 3.25. The molecule has 1 aliphatic heterocycles. The molecule has 0 N–H and O–H groups in total. The van der Waals surface area contributed by atoms with Crippen LogP contribution in [0.2, 0.25) is 5.02 Å². The first-order chi connectivity index (χ1) is 9.29. The van der Waals surface area contributed by atoms with Crippen molar-refractivity contribution in [3.8, 4) is 0 Å². The highest BCUT2D eigenvalue weighted by atomic mass is 35.5. The third-order valence-corrected chi connectivity index (χ3v) is 3.67. The van der Waals surface area contributed by atoms with E-state index in [0.29, 0.717) is 5.88 Å². The normalized spacial score (nSPS) is 16.2. The zero-order valence-electron chi connectivity index (χ0n) is 10.5. The van der Waals surface area contributed by atoms with Gasteiger partial charge < -0.3 is 9.75 Å². The van der Waals surface area contributed by atoms with E-state index in [1.165, 1.54) is 0 Å². The zero-order chi connectivity index (χ0) is 13.2. The van der Waals surface area contributed by atoms with Crippen LogP contribution in [0.4, 0.5) is 0 Å². The predicted molar refractivity (Wildman–Crippen MR) is 77.9 cm³/mol. The molecule has 3 rings (SSSR count). The molecule has 2 heterocycles. The molecule has 0 atom stereocenters. The van der Waals surface area contributed by atoms with Gasteiger partial charge in [-0.25, -0.2) is 9.66 Å². The van der Waals surface area contributed by atoms with Gasteiger partial charge in [0, 0.05) is 17.3 Å². The van der Waals surface area contributed by atoms with Gasteiger partial charge >= 0.3 is 0 Å². The number of imidazole rings is 1. The molecule has 0 saturated carbocycles. The first-order valence-corrected chi connectivity index (χ1v) is 7.26. The number of aromatic nitrogens is 2. The quantitative estimate of drug-likeness (QED) is 0.816. The Balaban J connectivity index is 2.11. The van der Waals surface area contributed by atoms with Crippen molar-refractivity contribution in [2.24, 2.45) is 0 Å². The first kappa shape index (κ1) is 13.0. The lowest BCUT2D eigenvalue weighted by Gasteiger charge is -2.31. The van der Waals surface area contributed by atoms with Gasteiger partial charge in [0.1, 0.15) is 5.82 Å². The molecule has 1 saturated heterocycles. The molecule has 4 nitrogen and oxygen atoms in total. The van der Waals surface area contributed by atoms with Gasteiger partial charge in [-0.3, -0.25) is 0 Å². The van der Waals surface area contributed by atoms with E-state index in [1.807, 2.05) is 18.2 Å². The smallest absolute Gasteiger partial charge is 0.130 e. The van der Waals surface area contributed by atoms with Gasteiger partial charge in [0.2, 0.25) is 0 Å². The van der Waals surface area contributed by atoms with Crippen LogP contribution in [0, 0.1) is 0 Å². The van der Waals surface area contributed by atoms with Crippen molar-refractivity contribution in [1.29, 1.82) is 0 Å². The number of alkyl halides is 1. The molecule has 1 fully saturated rings. The molecule has 0 amide bonds. The summed E-state index contributed by atoms with van der Waals surface area (Å²) in [6, 6.07) is 5.77. The molecule has 0 bridgehead atoms. The highest BCUT2D eigenvalue weighted by Crippen LogP contribution is 2.22. The number of hydrogen-bond acceptors (Lipinski definition) is 3. The van der Waals surface area contributed by atoms with Gasteiger partial charge in [-0.05, 0) is 18.2 Å². The Labute approximate surface area is 121 Å². The Morgan fingerprint density at radius 1 is 1.26 bits per heavy atom. The van der Waals surface area contributed by atoms with Crippen LogP contribution in [-0.4, -0.2) is 41.8 Å². The minimum atomic E-state index is 0.557. The number of hydrogen-bond donors (Lipinski definition) is 0. The summed E-state index contributed by atoms with van der Waals surface area (Å²) in [5.41, 5.74) is 1.99. The molecule has 6 heteroatoms. The van der Waals surface area contributed by atoms with E-state index in [-0.39, 0.29) is 0 Å². The van der Waals surface area contributed by atoms with Crippen molar-refractivity contribution in [3.05, 3.63) is 29.0 Å². The number of aryl methyl sites for hydroxylation is 1. The minimum absolute atomic E-state index is 0.557. The van der Waals surface area contributed by atoms with Crippen molar-refractivity contribution >= 4 is 34.2 Å². The molecular formula is C13H15Cl2N3O. The number of halogens is 2. The third kappa shape index (κ3) is 2.53. The number of nitrogens with zero attached hydrogens (tertiary/aromatic N) is 3. The zero-order valence-corrected chi connectivity index (χ0v) is 12.0. The minimum Gasteiger partial charge on any atom is -0.378 e. The Morgan fingerprint density at radius 2 is 2.05 bits per heavy atom. The van der Waals surface area contributed by atoms with E-state index >= 15 is 0 Å². The van der Waals surface area contributed by atoms with Gasteiger partial charge in [0.15, 0.2) is 0 Å². The summed E-state index contributed by atoms with van der Waals surface area (Å²) in [5, 5.41) is 2.97. The largest absolute Gasteiger partial charge is 0.378 e. The van der Waals surface area contributed by atoms with Crippen molar-refractivity contribution in [2.45, 2.75) is 6.42 Å². The fraction of sp³-hybridized carbons (Fsp3) is 0.462. The highest BCUT2D eigenvalue weighted by molar-refractivity contribution is 6.31. The Morgan fingerprint density at radius 3 is 2.79 bits per heavy atom. The Bertz CT molecular complexity index is 579. The number of ether oxygens (including phenoxy) is 1. The SMILES string of the molecule is ClCCc1nc2ccc(Cl)cc2n1N1CCOCC1. The average Bonchev–Trinajstić information content (AvgIpc) is 2.77. The van der Waals surface area contributed by atoms with Gasteiger partial charge in [-0.2, -0.15) is 0 Å². The maximum absolute atomic E-state index is 6.11. The van der Waals surface area contributed by atoms with E-state index in [2.05, 4.69) is 14.7 Å². The standard InChI is InChI=1S/C13H15Cl2N3O/c14-4-3-13-16-11-2-1-10(15)9-12(11)18(13)17-5-7-19-8-6-17/h1-2,9H,3-8H2. The van der Waals surface area contributed by atoms with Crippen molar-refractivity contribution in [1.82, 2.24) is 9.66 Å². The van der Waals surface area contributed by atoms with E-state index in [0.717, 1.165) is 54.6 Å². The van der Waals surface area contributed by atoms with Gasteiger partial charge in [0.05, 0.1) is 37.3 Å². The van der Waals surface area contributed by atoms with E-state index in [9.17, 15) is 0 Å². The summed E-state index contributed by atoms with van der Waals surface area (Å²) in [6.45, 7) is 3.18. The molecule has 0 radical (unpaired) electrons. The lowest BCUT2D eigenvalue weighted by Crippen LogP contribution is -2.44. The van der Waals surface area contributed by atoms with Crippen LogP contribution in [0.15, 0.2) is 18.2 Å². The van der Waals surface area contributed by atoms with Crippen LogP contribution in [0.3, 0.4) is 0 Å². The fourth-order valence-corrected chi connectivity index (χ4v) is 2.74. The summed E-state index contributed by atoms with van der Waals surface area (Å²) >= 11 is 12.0. The molecule has 19 heavy (non-hydrogen) atoms. The van der Waals surface area contributed by atoms with Crippen LogP contribution < -0.4 is 5.01 Å². The van der Waals surface area contributed by atoms with Crippen molar-refractivity contribution < 1.29 is 4.74 Å². The maximum atomic E-state index is 6.11. The van der Waals surface area contributed by atoms with E-state index in [1.54, 1.807) is 0 Å². The number of morpholine rings is 1. The monoisotopic (exact) mass is 299 g/mol. The van der Waals surface area contributed by atoms with Gasteiger partial charge in [0.25, 0.3) is 0 Å². The summed E-state index contributed by atoms with van der Waals surface area (Å²) in [7, 11) is 0. The molecular weight excluding hydrogens is 285 g/mol. The highest BCUT2D eigenvalue weighted by Gasteiger charge is 2.18. The van der Waals surface area contributed by atoms with Crippen LogP contribution in [0.5, 0.6) is 0 Å². The molecule has 1 aromatic carbocycles. The molecule has 1 aliphatic rings. The second-order valence-electron chi connectivity index (χ2n) is 4.48. The van der Waals surface area contributed by atoms with Crippen molar-refractivity contribution in [2.75, 3.05) is 37.2 Å². The fourth-order valence-electron chi connectivity index (χ4n) is 2.40. The lowest BCUT2D eigenvalue weighted by atomic mass is 10.3. The Kier molecular flexibility index (Phi) is 3.82. The molecule has 0 spiro atoms. The van der Waals surface area contributed by atoms with Gasteiger partial charge in [-0.15, -0.1) is 11.6 Å². The van der Waals surface area contributed by atoms with Gasteiger partial charge in [-0.1, -0.05) is 11.6 Å². The summed E-state index contributed by atoms with van der Waals surface area (Å²) in [5.74, 6) is 1.54. The van der Waals surface area contributed by atoms with E-state index in [4.69, 9.17) is 27.9 Å². The summed E-state index contributed by atoms with van der Waals surface area (Å²) < 4.78 is 7.55. The second kappa shape index (κ2) is 5.57. The topological polar surface area (TPSA) is 30.3 Å². The first-order valence-electron chi connectivity index (χ1n) is 6.35. The van der Waals surface area contributed by atoms with E-state index < -0.39 is 0 Å². The number of fused-ring (bicyclic) bond motifs is 1. The molecule has 0 unspecified atom stereocenters. The molecule has 1 aromatic heterocycles. The maximum Gasteiger partial charge on any atom is 0.130 e. The average molecular weight is 300 g/mol. The molecule has 2 aromatic rings. The van der Waals surface area contributed by atoms with Crippen LogP contribution in [0.25, 0.3) is 11.0 Å². The van der Waals surface area contributed by atoms with Crippen LogP contribution in [0.1, 0.15) is 5.82 Å². The second-order valence-corrected chi connectivity index (χ2v) is 5.29. The van der Waals surface area contributed by atoms with Crippen molar-refractivity contribution in [3.63, 3.8) is 0 Å². The summed E-state index contributed by atoms with van der Waals surface area (Å²) in [4.78, 5) is 4.66. The number of rotatable bonds is 3. The van der Waals surface area contributed by atoms with Crippen LogP contribution in [-0.2, 0) is 11.2 Å². The molecule has 0 aliphatic carbocycles. The lowest BCUT2D eigenvalue weighted by molar-refractivity contribution is 0.111. The van der Waals surface area contributed by atoms with Crippen LogP contribution >= 0.6 is 23.2 Å². The number of benzene rings is 1. The summed E-state index contributed by atoms with van der Waals surface area (Å²) in [6.07, 6.45) is 0.741.